The van der Waals surface area contributed by atoms with Gasteiger partial charge in [0.05, 0.1) is 22.0 Å². The zero-order chi connectivity index (χ0) is 20.9. The van der Waals surface area contributed by atoms with Gasteiger partial charge < -0.3 is 5.32 Å². The quantitative estimate of drug-likeness (QED) is 0.489. The Morgan fingerprint density at radius 3 is 2.80 bits per heavy atom. The second kappa shape index (κ2) is 6.94. The summed E-state index contributed by atoms with van der Waals surface area (Å²) in [6.45, 7) is 3.56. The van der Waals surface area contributed by atoms with E-state index in [9.17, 15) is 8.42 Å². The third kappa shape index (κ3) is 3.45. The van der Waals surface area contributed by atoms with Crippen molar-refractivity contribution in [3.05, 3.63) is 54.0 Å². The molecule has 0 saturated heterocycles. The third-order valence-corrected chi connectivity index (χ3v) is 7.03. The van der Waals surface area contributed by atoms with Crippen molar-refractivity contribution in [2.45, 2.75) is 37.5 Å². The summed E-state index contributed by atoms with van der Waals surface area (Å²) in [5.74, 6) is 1.89. The van der Waals surface area contributed by atoms with Gasteiger partial charge in [0.15, 0.2) is 15.7 Å². The van der Waals surface area contributed by atoms with Gasteiger partial charge in [0.2, 0.25) is 5.95 Å². The number of aryl methyl sites for hydroxylation is 1. The molecule has 0 atom stereocenters. The lowest BCUT2D eigenvalue weighted by molar-refractivity contribution is 0.597. The minimum absolute atomic E-state index is 0.0532. The first-order valence-corrected chi connectivity index (χ1v) is 11.6. The fourth-order valence-corrected chi connectivity index (χ4v) is 4.41. The Hall–Kier alpha value is -3.20. The van der Waals surface area contributed by atoms with E-state index in [1.54, 1.807) is 25.1 Å². The molecule has 0 unspecified atom stereocenters. The fourth-order valence-electron chi connectivity index (χ4n) is 3.48. The molecular weight excluding hydrogens is 400 g/mol. The highest BCUT2D eigenvalue weighted by Crippen LogP contribution is 2.39. The van der Waals surface area contributed by atoms with E-state index in [1.165, 1.54) is 12.8 Å². The normalized spacial score (nSPS) is 14.3. The SMILES string of the molecule is CCS(=O)(=O)c1cccc(-c2cc3nc(C)cn3c(Nc3cc(C4CC4)[nH]n3)n2)c1. The minimum Gasteiger partial charge on any atom is -0.308 e. The van der Waals surface area contributed by atoms with Gasteiger partial charge in [-0.1, -0.05) is 19.1 Å². The van der Waals surface area contributed by atoms with Crippen LogP contribution in [0.15, 0.2) is 47.5 Å². The maximum atomic E-state index is 12.3. The highest BCUT2D eigenvalue weighted by Gasteiger charge is 2.25. The Labute approximate surface area is 174 Å². The van der Waals surface area contributed by atoms with E-state index in [0.717, 1.165) is 22.6 Å². The van der Waals surface area contributed by atoms with Crippen molar-refractivity contribution in [3.63, 3.8) is 0 Å². The lowest BCUT2D eigenvalue weighted by atomic mass is 10.1. The number of imidazole rings is 1. The molecule has 3 heterocycles. The van der Waals surface area contributed by atoms with Gasteiger partial charge in [-0.15, -0.1) is 0 Å². The van der Waals surface area contributed by atoms with E-state index < -0.39 is 9.84 Å². The van der Waals surface area contributed by atoms with Crippen LogP contribution in [0.1, 0.15) is 37.1 Å². The molecule has 0 spiro atoms. The summed E-state index contributed by atoms with van der Waals surface area (Å²) in [5.41, 5.74) is 4.07. The molecule has 2 N–H and O–H groups in total. The molecule has 5 rings (SSSR count). The molecule has 154 valence electrons. The van der Waals surface area contributed by atoms with Crippen LogP contribution in [0.5, 0.6) is 0 Å². The zero-order valence-electron chi connectivity index (χ0n) is 16.8. The second-order valence-corrected chi connectivity index (χ2v) is 9.89. The predicted molar refractivity (Wildman–Crippen MR) is 115 cm³/mol. The summed E-state index contributed by atoms with van der Waals surface area (Å²) < 4.78 is 26.5. The van der Waals surface area contributed by atoms with E-state index in [1.807, 2.05) is 35.7 Å². The Morgan fingerprint density at radius 1 is 1.20 bits per heavy atom. The van der Waals surface area contributed by atoms with Crippen LogP contribution in [-0.2, 0) is 9.84 Å². The zero-order valence-corrected chi connectivity index (χ0v) is 17.6. The molecule has 1 saturated carbocycles. The summed E-state index contributed by atoms with van der Waals surface area (Å²) in [7, 11) is -3.30. The van der Waals surface area contributed by atoms with Gasteiger partial charge in [0, 0.05) is 35.5 Å². The van der Waals surface area contributed by atoms with Crippen LogP contribution in [0.3, 0.4) is 0 Å². The molecule has 1 aliphatic rings. The first kappa shape index (κ1) is 18.8. The van der Waals surface area contributed by atoms with Gasteiger partial charge in [0.25, 0.3) is 0 Å². The van der Waals surface area contributed by atoms with E-state index in [-0.39, 0.29) is 5.75 Å². The van der Waals surface area contributed by atoms with Gasteiger partial charge in [0.1, 0.15) is 5.65 Å². The number of hydrogen-bond donors (Lipinski definition) is 2. The van der Waals surface area contributed by atoms with Crippen molar-refractivity contribution < 1.29 is 8.42 Å². The predicted octanol–water partition coefficient (Wildman–Crippen LogP) is 3.84. The molecule has 1 aromatic carbocycles. The fraction of sp³-hybridized carbons (Fsp3) is 0.286. The number of nitrogens with one attached hydrogen (secondary N) is 2. The molecule has 1 aliphatic carbocycles. The summed E-state index contributed by atoms with van der Waals surface area (Å²) in [6, 6.07) is 10.7. The molecule has 3 aromatic heterocycles. The number of aromatic nitrogens is 5. The maximum Gasteiger partial charge on any atom is 0.215 e. The standard InChI is InChI=1S/C21H22N6O2S/c1-3-30(28,29)16-6-4-5-15(9-16)17-11-20-22-13(2)12-27(20)21(23-17)24-19-10-18(25-26-19)14-7-8-14/h4-6,9-12,14H,3,7-8H2,1-2H3,(H2,23,24,25,26). The molecular formula is C21H22N6O2S. The second-order valence-electron chi connectivity index (χ2n) is 7.61. The number of aromatic amines is 1. The topological polar surface area (TPSA) is 105 Å². The number of H-pyrrole nitrogens is 1. The van der Waals surface area contributed by atoms with Crippen LogP contribution >= 0.6 is 0 Å². The molecule has 1 fully saturated rings. The summed E-state index contributed by atoms with van der Waals surface area (Å²) in [6.07, 6.45) is 4.29. The summed E-state index contributed by atoms with van der Waals surface area (Å²) in [4.78, 5) is 9.62. The van der Waals surface area contributed by atoms with Crippen LogP contribution < -0.4 is 5.32 Å². The van der Waals surface area contributed by atoms with Gasteiger partial charge in [-0.25, -0.2) is 18.4 Å². The number of hydrogen-bond acceptors (Lipinski definition) is 6. The first-order chi connectivity index (χ1) is 14.4. The molecule has 0 amide bonds. The van der Waals surface area contributed by atoms with Crippen molar-refractivity contribution >= 4 is 27.3 Å². The van der Waals surface area contributed by atoms with Crippen LogP contribution in [0.25, 0.3) is 16.9 Å². The van der Waals surface area contributed by atoms with Gasteiger partial charge in [-0.2, -0.15) is 5.10 Å². The number of nitrogens with zero attached hydrogens (tertiary/aromatic N) is 4. The van der Waals surface area contributed by atoms with Gasteiger partial charge >= 0.3 is 0 Å². The van der Waals surface area contributed by atoms with E-state index in [4.69, 9.17) is 4.98 Å². The van der Waals surface area contributed by atoms with Crippen molar-refractivity contribution in [3.8, 4) is 11.3 Å². The smallest absolute Gasteiger partial charge is 0.215 e. The van der Waals surface area contributed by atoms with Crippen molar-refractivity contribution in [1.82, 2.24) is 24.6 Å². The Bertz CT molecular complexity index is 1350. The molecule has 8 nitrogen and oxygen atoms in total. The van der Waals surface area contributed by atoms with E-state index in [0.29, 0.717) is 28.3 Å². The number of fused-ring (bicyclic) bond motifs is 1. The lowest BCUT2D eigenvalue weighted by Gasteiger charge is -2.10. The van der Waals surface area contributed by atoms with Crippen LogP contribution in [-0.4, -0.2) is 38.7 Å². The minimum atomic E-state index is -3.30. The Morgan fingerprint density at radius 2 is 2.03 bits per heavy atom. The van der Waals surface area contributed by atoms with Gasteiger partial charge in [-0.05, 0) is 31.9 Å². The number of sulfone groups is 1. The largest absolute Gasteiger partial charge is 0.308 e. The molecule has 9 heteroatoms. The third-order valence-electron chi connectivity index (χ3n) is 5.30. The van der Waals surface area contributed by atoms with Crippen molar-refractivity contribution in [2.75, 3.05) is 11.1 Å². The Kier molecular flexibility index (Phi) is 4.35. The monoisotopic (exact) mass is 422 g/mol. The average molecular weight is 423 g/mol. The first-order valence-electron chi connectivity index (χ1n) is 9.95. The molecule has 0 radical (unpaired) electrons. The van der Waals surface area contributed by atoms with Crippen molar-refractivity contribution in [1.29, 1.82) is 0 Å². The van der Waals surface area contributed by atoms with Crippen LogP contribution in [0.2, 0.25) is 0 Å². The highest BCUT2D eigenvalue weighted by atomic mass is 32.2. The maximum absolute atomic E-state index is 12.3. The van der Waals surface area contributed by atoms with E-state index >= 15 is 0 Å². The molecule has 4 aromatic rings. The number of anilines is 2. The number of rotatable bonds is 6. The summed E-state index contributed by atoms with van der Waals surface area (Å²) >= 11 is 0. The molecule has 30 heavy (non-hydrogen) atoms. The summed E-state index contributed by atoms with van der Waals surface area (Å²) in [5, 5.41) is 10.7. The molecule has 0 aliphatic heterocycles. The highest BCUT2D eigenvalue weighted by molar-refractivity contribution is 7.91. The van der Waals surface area contributed by atoms with Crippen LogP contribution in [0, 0.1) is 6.92 Å². The average Bonchev–Trinajstić information content (AvgIpc) is 3.36. The lowest BCUT2D eigenvalue weighted by Crippen LogP contribution is -2.05. The van der Waals surface area contributed by atoms with Gasteiger partial charge in [-0.3, -0.25) is 9.50 Å². The van der Waals surface area contributed by atoms with E-state index in [2.05, 4.69) is 20.5 Å². The van der Waals surface area contributed by atoms with Crippen LogP contribution in [0.4, 0.5) is 11.8 Å². The van der Waals surface area contributed by atoms with Crippen molar-refractivity contribution in [2.24, 2.45) is 0 Å². The molecule has 0 bridgehead atoms. The Balaban J connectivity index is 1.59. The number of benzene rings is 1.